The summed E-state index contributed by atoms with van der Waals surface area (Å²) in [5.74, 6) is 0.930. The average molecular weight is 406 g/mol. The third-order valence-electron chi connectivity index (χ3n) is 3.90. The molecule has 0 spiro atoms. The Morgan fingerprint density at radius 2 is 1.81 bits per heavy atom. The van der Waals surface area contributed by atoms with Crippen LogP contribution in [0.5, 0.6) is 5.75 Å². The molecule has 0 aliphatic carbocycles. The predicted molar refractivity (Wildman–Crippen MR) is 98.4 cm³/mol. The van der Waals surface area contributed by atoms with Gasteiger partial charge in [0.25, 0.3) is 0 Å². The molecule has 0 bridgehead atoms. The first-order chi connectivity index (χ1) is 11.8. The fourth-order valence-corrected chi connectivity index (χ4v) is 3.23. The SMILES string of the molecule is CC(O)C1CCc2ccccc2O1.Cc1ccc(S(=O)(=O)[N-]Cl)cc1.[Na+]. The topological polar surface area (TPSA) is 77.7 Å². The van der Waals surface area contributed by atoms with Crippen molar-refractivity contribution in [2.45, 2.75) is 43.8 Å². The number of nitrogens with zero attached hydrogens (tertiary/aromatic N) is 1. The molecule has 1 aliphatic rings. The molecule has 136 valence electrons. The first-order valence-electron chi connectivity index (χ1n) is 7.91. The summed E-state index contributed by atoms with van der Waals surface area (Å²) in [4.78, 5) is 0.114. The van der Waals surface area contributed by atoms with Crippen LogP contribution in [0.25, 0.3) is 4.24 Å². The van der Waals surface area contributed by atoms with Crippen molar-refractivity contribution in [3.05, 3.63) is 63.9 Å². The van der Waals surface area contributed by atoms with Crippen molar-refractivity contribution in [2.75, 3.05) is 0 Å². The molecule has 0 amide bonds. The van der Waals surface area contributed by atoms with E-state index in [4.69, 9.17) is 16.5 Å². The molecule has 0 radical (unpaired) electrons. The van der Waals surface area contributed by atoms with Crippen LogP contribution in [0.4, 0.5) is 0 Å². The maximum atomic E-state index is 11.0. The van der Waals surface area contributed by atoms with E-state index in [9.17, 15) is 13.5 Å². The first-order valence-corrected chi connectivity index (χ1v) is 9.69. The van der Waals surface area contributed by atoms with Crippen LogP contribution in [-0.4, -0.2) is 25.7 Å². The third-order valence-corrected chi connectivity index (χ3v) is 5.49. The number of rotatable bonds is 3. The van der Waals surface area contributed by atoms with Crippen LogP contribution < -0.4 is 34.3 Å². The number of aliphatic hydroxyl groups excluding tert-OH is 1. The predicted octanol–water partition coefficient (Wildman–Crippen LogP) is 0.976. The minimum Gasteiger partial charge on any atom is -0.487 e. The van der Waals surface area contributed by atoms with E-state index in [-0.39, 0.29) is 46.7 Å². The zero-order valence-electron chi connectivity index (χ0n) is 15.1. The van der Waals surface area contributed by atoms with Crippen molar-refractivity contribution in [1.29, 1.82) is 0 Å². The van der Waals surface area contributed by atoms with Gasteiger partial charge in [0.2, 0.25) is 0 Å². The summed E-state index contributed by atoms with van der Waals surface area (Å²) in [5, 5.41) is 9.38. The van der Waals surface area contributed by atoms with Gasteiger partial charge < -0.3 is 14.1 Å². The van der Waals surface area contributed by atoms with Crippen molar-refractivity contribution in [3.63, 3.8) is 0 Å². The number of fused-ring (bicyclic) bond motifs is 1. The van der Waals surface area contributed by atoms with Crippen molar-refractivity contribution in [2.24, 2.45) is 0 Å². The number of aliphatic hydroxyl groups is 1. The maximum absolute atomic E-state index is 11.0. The van der Waals surface area contributed by atoms with Crippen LogP contribution in [0.15, 0.2) is 53.4 Å². The maximum Gasteiger partial charge on any atom is 1.00 e. The van der Waals surface area contributed by atoms with E-state index in [1.54, 1.807) is 19.1 Å². The van der Waals surface area contributed by atoms with Gasteiger partial charge in [-0.25, -0.2) is 8.42 Å². The second-order valence-corrected chi connectivity index (χ2v) is 7.87. The Morgan fingerprint density at radius 3 is 2.38 bits per heavy atom. The standard InChI is InChI=1S/C11H14O2.C7H7ClNO2S.Na/c1-8(12)10-7-6-9-4-2-3-5-11(9)13-10;1-6-2-4-7(5-3-6)12(10,11)9-8;/h2-5,8,10,12H,6-7H2,1H3;2-5H,1H3;/q;-1;+1. The number of aryl methyl sites for hydroxylation is 2. The van der Waals surface area contributed by atoms with Crippen LogP contribution in [-0.2, 0) is 16.4 Å². The molecule has 5 nitrogen and oxygen atoms in total. The van der Waals surface area contributed by atoms with Gasteiger partial charge in [0.05, 0.1) is 6.10 Å². The number of para-hydroxylation sites is 1. The number of hydrogen-bond acceptors (Lipinski definition) is 4. The number of sulfonamides is 1. The van der Waals surface area contributed by atoms with Crippen molar-refractivity contribution < 1.29 is 47.8 Å². The fraction of sp³-hybridized carbons (Fsp3) is 0.333. The first kappa shape index (κ1) is 23.4. The third kappa shape index (κ3) is 6.53. The van der Waals surface area contributed by atoms with Crippen LogP contribution in [0.2, 0.25) is 0 Å². The van der Waals surface area contributed by atoms with Crippen LogP contribution >= 0.6 is 11.8 Å². The van der Waals surface area contributed by atoms with Crippen LogP contribution in [0.1, 0.15) is 24.5 Å². The minimum absolute atomic E-state index is 0. The molecule has 2 atom stereocenters. The zero-order chi connectivity index (χ0) is 18.4. The van der Waals surface area contributed by atoms with Crippen molar-refractivity contribution in [1.82, 2.24) is 0 Å². The van der Waals surface area contributed by atoms with Crippen LogP contribution in [0.3, 0.4) is 0 Å². The van der Waals surface area contributed by atoms with Gasteiger partial charge in [0.1, 0.15) is 21.9 Å². The van der Waals surface area contributed by atoms with Crippen LogP contribution in [0, 0.1) is 6.92 Å². The van der Waals surface area contributed by atoms with E-state index in [1.165, 1.54) is 17.7 Å². The summed E-state index contributed by atoms with van der Waals surface area (Å²) in [5.41, 5.74) is 2.24. The molecular formula is C18H21ClNNaO4S. The van der Waals surface area contributed by atoms with Gasteiger partial charge in [0.15, 0.2) is 0 Å². The molecule has 8 heteroatoms. The Hall–Kier alpha value is -0.600. The number of hydrogen-bond donors (Lipinski definition) is 1. The van der Waals surface area contributed by atoms with Gasteiger partial charge in [0, 0.05) is 4.90 Å². The molecule has 2 unspecified atom stereocenters. The Balaban J connectivity index is 0.000000251. The summed E-state index contributed by atoms with van der Waals surface area (Å²) in [6.45, 7) is 3.65. The summed E-state index contributed by atoms with van der Waals surface area (Å²) >= 11 is 4.90. The Kier molecular flexibility index (Phi) is 9.61. The summed E-state index contributed by atoms with van der Waals surface area (Å²) in [6, 6.07) is 14.3. The second kappa shape index (κ2) is 10.7. The van der Waals surface area contributed by atoms with Gasteiger partial charge in [-0.3, -0.25) is 11.8 Å². The van der Waals surface area contributed by atoms with E-state index in [2.05, 4.69) is 10.3 Å². The van der Waals surface area contributed by atoms with E-state index >= 15 is 0 Å². The molecule has 0 saturated heterocycles. The Bertz CT molecular complexity index is 797. The monoisotopic (exact) mass is 405 g/mol. The second-order valence-electron chi connectivity index (χ2n) is 5.90. The number of halogens is 1. The van der Waals surface area contributed by atoms with Gasteiger partial charge in [-0.1, -0.05) is 35.9 Å². The van der Waals surface area contributed by atoms with Crippen molar-refractivity contribution in [3.8, 4) is 5.75 Å². The van der Waals surface area contributed by atoms with Gasteiger partial charge in [-0.2, -0.15) is 0 Å². The average Bonchev–Trinajstić information content (AvgIpc) is 2.62. The minimum atomic E-state index is -3.62. The Labute approximate surface area is 182 Å². The van der Waals surface area contributed by atoms with Gasteiger partial charge >= 0.3 is 29.6 Å². The zero-order valence-corrected chi connectivity index (χ0v) is 18.7. The summed E-state index contributed by atoms with van der Waals surface area (Å²) < 4.78 is 30.4. The normalized spacial score (nSPS) is 16.8. The van der Waals surface area contributed by atoms with E-state index < -0.39 is 10.0 Å². The molecule has 0 saturated carbocycles. The van der Waals surface area contributed by atoms with Gasteiger partial charge in [-0.05, 0) is 50.5 Å². The van der Waals surface area contributed by atoms with Crippen molar-refractivity contribution >= 4 is 21.8 Å². The number of ether oxygens (including phenoxy) is 1. The van der Waals surface area contributed by atoms with E-state index in [0.717, 1.165) is 24.2 Å². The molecule has 2 aromatic rings. The molecule has 0 aromatic heterocycles. The molecule has 1 heterocycles. The molecule has 26 heavy (non-hydrogen) atoms. The van der Waals surface area contributed by atoms with Gasteiger partial charge in [-0.15, -0.1) is 0 Å². The molecule has 1 aliphatic heterocycles. The molecule has 3 rings (SSSR count). The molecule has 0 fully saturated rings. The van der Waals surface area contributed by atoms with E-state index in [0.29, 0.717) is 0 Å². The number of benzene rings is 2. The summed E-state index contributed by atoms with van der Waals surface area (Å²) in [6.07, 6.45) is 1.50. The molecule has 2 aromatic carbocycles. The fourth-order valence-electron chi connectivity index (χ4n) is 2.43. The molecular weight excluding hydrogens is 385 g/mol. The largest absolute Gasteiger partial charge is 1.00 e. The smallest absolute Gasteiger partial charge is 0.487 e. The Morgan fingerprint density at radius 1 is 1.19 bits per heavy atom. The summed E-state index contributed by atoms with van der Waals surface area (Å²) in [7, 11) is -3.62. The van der Waals surface area contributed by atoms with E-state index in [1.807, 2.05) is 25.1 Å². The molecule has 1 N–H and O–H groups in total. The quantitative estimate of drug-likeness (QED) is 0.772.